The highest BCUT2D eigenvalue weighted by Crippen LogP contribution is 2.23. The molecule has 0 aromatic heterocycles. The summed E-state index contributed by atoms with van der Waals surface area (Å²) >= 11 is 0. The third-order valence-electron chi connectivity index (χ3n) is 2.89. The van der Waals surface area contributed by atoms with E-state index in [1.54, 1.807) is 0 Å². The predicted molar refractivity (Wildman–Crippen MR) is 68.8 cm³/mol. The minimum absolute atomic E-state index is 1.35. The molecule has 0 saturated heterocycles. The van der Waals surface area contributed by atoms with Gasteiger partial charge in [0, 0.05) is 0 Å². The SMILES string of the molecule is Cc1cc2ccccc2c(C)c1C.O=C(O)O. The van der Waals surface area contributed by atoms with Gasteiger partial charge in [0.2, 0.25) is 0 Å². The third kappa shape index (κ3) is 3.21. The number of hydrogen-bond acceptors (Lipinski definition) is 1. The molecule has 90 valence electrons. The van der Waals surface area contributed by atoms with Gasteiger partial charge in [-0.25, -0.2) is 4.79 Å². The summed E-state index contributed by atoms with van der Waals surface area (Å²) in [4.78, 5) is 8.56. The largest absolute Gasteiger partial charge is 0.503 e. The van der Waals surface area contributed by atoms with Crippen LogP contribution in [0.4, 0.5) is 4.79 Å². The summed E-state index contributed by atoms with van der Waals surface area (Å²) < 4.78 is 0. The van der Waals surface area contributed by atoms with Crippen molar-refractivity contribution in [2.75, 3.05) is 0 Å². The van der Waals surface area contributed by atoms with E-state index in [9.17, 15) is 0 Å². The highest BCUT2D eigenvalue weighted by molar-refractivity contribution is 5.87. The number of hydrogen-bond donors (Lipinski definition) is 2. The van der Waals surface area contributed by atoms with Crippen LogP contribution >= 0.6 is 0 Å². The molecule has 2 N–H and O–H groups in total. The fraction of sp³-hybridized carbons (Fsp3) is 0.214. The Balaban J connectivity index is 0.000000317. The molecule has 2 aromatic rings. The van der Waals surface area contributed by atoms with Gasteiger partial charge in [-0.15, -0.1) is 0 Å². The van der Waals surface area contributed by atoms with E-state index in [1.165, 1.54) is 27.5 Å². The van der Waals surface area contributed by atoms with Gasteiger partial charge in [0.05, 0.1) is 0 Å². The van der Waals surface area contributed by atoms with Crippen LogP contribution in [0.2, 0.25) is 0 Å². The number of carboxylic acid groups (broad SMARTS) is 2. The zero-order valence-corrected chi connectivity index (χ0v) is 10.2. The van der Waals surface area contributed by atoms with Crippen LogP contribution in [-0.4, -0.2) is 16.4 Å². The molecular weight excluding hydrogens is 216 g/mol. The number of rotatable bonds is 0. The Hall–Kier alpha value is -2.03. The molecule has 0 aliphatic heterocycles. The topological polar surface area (TPSA) is 57.5 Å². The first-order valence-electron chi connectivity index (χ1n) is 5.31. The van der Waals surface area contributed by atoms with Crippen LogP contribution in [-0.2, 0) is 0 Å². The fourth-order valence-electron chi connectivity index (χ4n) is 1.80. The van der Waals surface area contributed by atoms with Crippen LogP contribution in [0.3, 0.4) is 0 Å². The molecule has 2 rings (SSSR count). The highest BCUT2D eigenvalue weighted by Gasteiger charge is 2.01. The van der Waals surface area contributed by atoms with Crippen LogP contribution in [0.25, 0.3) is 10.8 Å². The van der Waals surface area contributed by atoms with Crippen molar-refractivity contribution in [2.45, 2.75) is 20.8 Å². The zero-order chi connectivity index (χ0) is 13.0. The molecule has 0 spiro atoms. The normalized spacial score (nSPS) is 9.59. The highest BCUT2D eigenvalue weighted by atomic mass is 16.6. The molecule has 0 fully saturated rings. The van der Waals surface area contributed by atoms with Gasteiger partial charge in [-0.1, -0.05) is 30.3 Å². The maximum absolute atomic E-state index is 8.56. The second kappa shape index (κ2) is 5.34. The quantitative estimate of drug-likeness (QED) is 0.722. The minimum Gasteiger partial charge on any atom is -0.450 e. The van der Waals surface area contributed by atoms with Gasteiger partial charge in [-0.2, -0.15) is 0 Å². The molecule has 0 radical (unpaired) electrons. The summed E-state index contributed by atoms with van der Waals surface area (Å²) in [5, 5.41) is 16.7. The Morgan fingerprint density at radius 2 is 1.53 bits per heavy atom. The van der Waals surface area contributed by atoms with E-state index in [2.05, 4.69) is 51.1 Å². The molecule has 0 aliphatic carbocycles. The Morgan fingerprint density at radius 1 is 1.00 bits per heavy atom. The third-order valence-corrected chi connectivity index (χ3v) is 2.89. The van der Waals surface area contributed by atoms with Gasteiger partial charge in [0.1, 0.15) is 0 Å². The standard InChI is InChI=1S/C13H14.CH2O3/c1-9-8-12-6-4-5-7-13(12)11(3)10(9)2;2-1(3)4/h4-8H,1-3H3;(H2,2,3,4). The van der Waals surface area contributed by atoms with Crippen molar-refractivity contribution in [1.29, 1.82) is 0 Å². The average Bonchev–Trinajstić information content (AvgIpc) is 2.25. The maximum Gasteiger partial charge on any atom is 0.503 e. The summed E-state index contributed by atoms with van der Waals surface area (Å²) in [5.41, 5.74) is 4.21. The van der Waals surface area contributed by atoms with Crippen LogP contribution in [0.1, 0.15) is 16.7 Å². The number of aryl methyl sites for hydroxylation is 2. The molecule has 17 heavy (non-hydrogen) atoms. The van der Waals surface area contributed by atoms with E-state index >= 15 is 0 Å². The summed E-state index contributed by atoms with van der Waals surface area (Å²) in [7, 11) is 0. The lowest BCUT2D eigenvalue weighted by Gasteiger charge is -2.08. The first-order valence-corrected chi connectivity index (χ1v) is 5.31. The Bertz CT molecular complexity index is 540. The van der Waals surface area contributed by atoms with E-state index in [-0.39, 0.29) is 0 Å². The van der Waals surface area contributed by atoms with Gasteiger partial charge in [-0.3, -0.25) is 0 Å². The van der Waals surface area contributed by atoms with Gasteiger partial charge < -0.3 is 10.2 Å². The van der Waals surface area contributed by atoms with Crippen LogP contribution in [0, 0.1) is 20.8 Å². The van der Waals surface area contributed by atoms with Gasteiger partial charge in [0.25, 0.3) is 0 Å². The molecule has 2 aromatic carbocycles. The number of carbonyl (C=O) groups is 1. The Labute approximate surface area is 100 Å². The van der Waals surface area contributed by atoms with Crippen molar-refractivity contribution < 1.29 is 15.0 Å². The first-order chi connectivity index (χ1) is 7.93. The lowest BCUT2D eigenvalue weighted by molar-refractivity contribution is 0.137. The lowest BCUT2D eigenvalue weighted by Crippen LogP contribution is -1.87. The molecule has 0 saturated carbocycles. The molecular formula is C14H16O3. The molecule has 0 amide bonds. The van der Waals surface area contributed by atoms with Crippen LogP contribution < -0.4 is 0 Å². The molecule has 0 bridgehead atoms. The number of benzene rings is 2. The van der Waals surface area contributed by atoms with E-state index < -0.39 is 6.16 Å². The molecule has 0 unspecified atom stereocenters. The Kier molecular flexibility index (Phi) is 4.10. The zero-order valence-electron chi connectivity index (χ0n) is 10.2. The maximum atomic E-state index is 8.56. The van der Waals surface area contributed by atoms with Gasteiger partial charge in [-0.05, 0) is 48.2 Å². The average molecular weight is 232 g/mol. The van der Waals surface area contributed by atoms with E-state index in [1.807, 2.05) is 0 Å². The van der Waals surface area contributed by atoms with Crippen molar-refractivity contribution in [1.82, 2.24) is 0 Å². The summed E-state index contributed by atoms with van der Waals surface area (Å²) in [6.45, 7) is 6.57. The molecule has 3 heteroatoms. The first kappa shape index (κ1) is 13.0. The molecule has 3 nitrogen and oxygen atoms in total. The van der Waals surface area contributed by atoms with Crippen molar-refractivity contribution in [3.63, 3.8) is 0 Å². The van der Waals surface area contributed by atoms with Gasteiger partial charge >= 0.3 is 6.16 Å². The minimum atomic E-state index is -1.83. The molecule has 0 atom stereocenters. The van der Waals surface area contributed by atoms with Gasteiger partial charge in [0.15, 0.2) is 0 Å². The number of fused-ring (bicyclic) bond motifs is 1. The smallest absolute Gasteiger partial charge is 0.450 e. The van der Waals surface area contributed by atoms with E-state index in [0.29, 0.717) is 0 Å². The lowest BCUT2D eigenvalue weighted by atomic mass is 9.97. The Morgan fingerprint density at radius 3 is 2.12 bits per heavy atom. The monoisotopic (exact) mass is 232 g/mol. The summed E-state index contributed by atoms with van der Waals surface area (Å²) in [5.74, 6) is 0. The predicted octanol–water partition coefficient (Wildman–Crippen LogP) is 3.99. The fourth-order valence-corrected chi connectivity index (χ4v) is 1.80. The van der Waals surface area contributed by atoms with Crippen molar-refractivity contribution >= 4 is 16.9 Å². The van der Waals surface area contributed by atoms with Crippen molar-refractivity contribution in [3.8, 4) is 0 Å². The van der Waals surface area contributed by atoms with E-state index in [4.69, 9.17) is 15.0 Å². The second-order valence-corrected chi connectivity index (χ2v) is 3.95. The summed E-state index contributed by atoms with van der Waals surface area (Å²) in [6.07, 6.45) is -1.83. The van der Waals surface area contributed by atoms with Crippen LogP contribution in [0.5, 0.6) is 0 Å². The van der Waals surface area contributed by atoms with Crippen LogP contribution in [0.15, 0.2) is 30.3 Å². The summed E-state index contributed by atoms with van der Waals surface area (Å²) in [6, 6.07) is 10.8. The second-order valence-electron chi connectivity index (χ2n) is 3.95. The molecule has 0 heterocycles. The molecule has 0 aliphatic rings. The van der Waals surface area contributed by atoms with E-state index in [0.717, 1.165) is 0 Å². The van der Waals surface area contributed by atoms with Crippen molar-refractivity contribution in [3.05, 3.63) is 47.0 Å². The van der Waals surface area contributed by atoms with Crippen molar-refractivity contribution in [2.24, 2.45) is 0 Å².